The van der Waals surface area contributed by atoms with Gasteiger partial charge in [-0.2, -0.15) is 13.1 Å². The zero-order valence-electron chi connectivity index (χ0n) is 58.1. The van der Waals surface area contributed by atoms with E-state index in [0.717, 1.165) is 53.8 Å². The van der Waals surface area contributed by atoms with Crippen molar-refractivity contribution in [2.75, 3.05) is 70.6 Å². The minimum atomic E-state index is -4.11. The number of hydrogen-bond donors (Lipinski definition) is 6. The van der Waals surface area contributed by atoms with Gasteiger partial charge in [-0.15, -0.1) is 5.10 Å². The fraction of sp³-hybridized carbons (Fsp3) is 0.543. The molecule has 1 fully saturated rings. The highest BCUT2D eigenvalue weighted by molar-refractivity contribution is 7.88. The van der Waals surface area contributed by atoms with Gasteiger partial charge in [-0.05, 0) is 152 Å². The van der Waals surface area contributed by atoms with Crippen LogP contribution in [-0.4, -0.2) is 177 Å². The van der Waals surface area contributed by atoms with Crippen LogP contribution in [0.25, 0.3) is 0 Å². The van der Waals surface area contributed by atoms with Crippen molar-refractivity contribution in [1.29, 1.82) is 0 Å². The fourth-order valence-corrected chi connectivity index (χ4v) is 14.3. The molecule has 6 N–H and O–H groups in total. The van der Waals surface area contributed by atoms with Gasteiger partial charge in [0.15, 0.2) is 29.2 Å². The highest BCUT2D eigenvalue weighted by atomic mass is 32.2. The van der Waals surface area contributed by atoms with Gasteiger partial charge in [0, 0.05) is 62.6 Å². The number of aryl methyl sites for hydroxylation is 1. The minimum absolute atomic E-state index is 0. The summed E-state index contributed by atoms with van der Waals surface area (Å²) in [7, 11) is -1.15. The van der Waals surface area contributed by atoms with Crippen LogP contribution in [0.15, 0.2) is 77.1 Å². The maximum absolute atomic E-state index is 14.3. The number of aromatic nitrogens is 3. The number of aliphatic hydroxyl groups excluding tert-OH is 1. The molecule has 10 rings (SSSR count). The predicted octanol–water partition coefficient (Wildman–Crippen LogP) is 7.95. The predicted molar refractivity (Wildman–Crippen MR) is 378 cm³/mol. The topological polar surface area (TPSA) is 351 Å². The van der Waals surface area contributed by atoms with Crippen LogP contribution < -0.4 is 49.2 Å². The smallest absolute Gasteiger partial charge is 0.416 e. The van der Waals surface area contributed by atoms with Crippen LogP contribution in [0.2, 0.25) is 0 Å². The Morgan fingerprint density at radius 3 is 2.10 bits per heavy atom. The van der Waals surface area contributed by atoms with E-state index >= 15 is 0 Å². The zero-order chi connectivity index (χ0) is 71.5. The summed E-state index contributed by atoms with van der Waals surface area (Å²) in [5.74, 6) is -0.622. The van der Waals surface area contributed by atoms with E-state index in [4.69, 9.17) is 33.2 Å². The van der Waals surface area contributed by atoms with Crippen molar-refractivity contribution in [3.8, 4) is 23.0 Å². The second kappa shape index (κ2) is 33.0. The Morgan fingerprint density at radius 1 is 0.740 bits per heavy atom. The maximum Gasteiger partial charge on any atom is 0.416 e. The van der Waals surface area contributed by atoms with Crippen molar-refractivity contribution < 1.29 is 87.4 Å². The Hall–Kier alpha value is -8.97. The number of methoxy groups -OCH3 is 2. The van der Waals surface area contributed by atoms with Crippen molar-refractivity contribution in [1.82, 2.24) is 44.9 Å². The van der Waals surface area contributed by atoms with Crippen molar-refractivity contribution in [2.24, 2.45) is 28.7 Å². The number of anilines is 2. The van der Waals surface area contributed by atoms with E-state index in [9.17, 15) is 47.1 Å². The van der Waals surface area contributed by atoms with Crippen LogP contribution >= 0.6 is 0 Å². The first kappa shape index (κ1) is 73.7. The molecular formula is C70H102N12O17S. The van der Waals surface area contributed by atoms with Crippen molar-refractivity contribution >= 4 is 75.0 Å². The molecule has 4 aromatic rings. The van der Waals surface area contributed by atoms with Gasteiger partial charge in [0.1, 0.15) is 25.3 Å². The van der Waals surface area contributed by atoms with E-state index < -0.39 is 76.8 Å². The molecule has 3 aromatic carbocycles. The van der Waals surface area contributed by atoms with Gasteiger partial charge in [-0.3, -0.25) is 33.8 Å². The number of aliphatic hydroxyl groups is 1. The second-order valence-corrected chi connectivity index (χ2v) is 28.3. The lowest BCUT2D eigenvalue weighted by molar-refractivity contribution is -0.133. The number of nitrogens with one attached hydrogen (secondary N) is 5. The van der Waals surface area contributed by atoms with Gasteiger partial charge < -0.3 is 64.0 Å². The summed E-state index contributed by atoms with van der Waals surface area (Å²) in [6.07, 6.45) is 10.2. The normalized spacial score (nSPS) is 20.3. The molecule has 2 aliphatic carbocycles. The zero-order valence-corrected chi connectivity index (χ0v) is 58.9. The largest absolute Gasteiger partial charge is 0.493 e. The number of rotatable bonds is 32. The number of amides is 7. The first-order valence-corrected chi connectivity index (χ1v) is 35.7. The van der Waals surface area contributed by atoms with E-state index in [1.807, 2.05) is 24.7 Å². The molecule has 0 radical (unpaired) electrons. The highest BCUT2D eigenvalue weighted by Gasteiger charge is 2.50. The molecule has 550 valence electrons. The van der Waals surface area contributed by atoms with Gasteiger partial charge >= 0.3 is 16.3 Å². The first-order valence-electron chi connectivity index (χ1n) is 34.2. The van der Waals surface area contributed by atoms with Crippen molar-refractivity contribution in [3.63, 3.8) is 0 Å². The van der Waals surface area contributed by atoms with Crippen LogP contribution in [0, 0.1) is 23.7 Å². The molecule has 0 spiro atoms. The molecular weight excluding hydrogens is 1310 g/mol. The molecule has 1 saturated carbocycles. The Bertz CT molecular complexity index is 3920. The molecule has 29 nitrogen and oxygen atoms in total. The molecule has 0 bridgehead atoms. The van der Waals surface area contributed by atoms with Gasteiger partial charge in [0.05, 0.1) is 93.2 Å². The fourth-order valence-electron chi connectivity index (χ4n) is 13.5. The van der Waals surface area contributed by atoms with Crippen LogP contribution in [0.4, 0.5) is 21.9 Å². The lowest BCUT2D eigenvalue weighted by atomic mass is 10.0. The summed E-state index contributed by atoms with van der Waals surface area (Å²) in [6, 6.07) is 9.94. The lowest BCUT2D eigenvalue weighted by Gasteiger charge is -2.31. The Kier molecular flexibility index (Phi) is 24.3. The number of ether oxygens (including phenoxy) is 7. The molecule has 30 heteroatoms. The number of aliphatic imine (C=N–C) groups is 1. The van der Waals surface area contributed by atoms with Crippen LogP contribution in [0.1, 0.15) is 157 Å². The Labute approximate surface area is 589 Å². The average Bonchev–Trinajstić information content (AvgIpc) is 1.63. The molecule has 7 amide bonds. The van der Waals surface area contributed by atoms with E-state index in [1.165, 1.54) is 43.9 Å². The van der Waals surface area contributed by atoms with Crippen molar-refractivity contribution in [3.05, 3.63) is 100 Å². The molecule has 1 aromatic heterocycles. The van der Waals surface area contributed by atoms with Crippen LogP contribution in [-0.2, 0) is 63.0 Å². The standard InChI is InChI=1S/C70H92N12O17S.5H2/c1-40(2)64(75-63(84)39-96-28-27-95-26-23-72-100(91,92)77-62(83)22-19-50-48-17-20-53-55(21-18-49(48)50)82(41(3)4)78-76-53)66(86)73-44(7)65(85)74-46-15-13-45(14-16-46)38-99-70(90)81-56-34-61(59(94-9)32-52(56)68(88)80-37-43(6)30-57(80)69(81)89)98-25-12-10-11-24-97-60-33-54-51(31-58(60)93-8)67(87)79-36-42(5)29-47(79)35-71-54;;;;;/h13-16,31-37,40-41,44,47-50,57,64,69,72,89H,10-12,17-30,38-39H2,1-9H3,(H,73,86)(H,74,85)(H,75,84)(H,77,83);5*1H/t44-,47-,48-,49+,50-,57-,64-,69-;;;;;/m0...../s1. The van der Waals surface area contributed by atoms with E-state index in [0.29, 0.717) is 90.5 Å². The molecule has 6 aliphatic rings. The second-order valence-electron chi connectivity index (χ2n) is 26.8. The molecule has 8 atom stereocenters. The number of unbranched alkanes of at least 4 members (excludes halogenated alkanes) is 2. The summed E-state index contributed by atoms with van der Waals surface area (Å²) in [5, 5.41) is 28.7. The third-order valence-electron chi connectivity index (χ3n) is 18.7. The Balaban J connectivity index is 0.00000396. The molecule has 5 heterocycles. The highest BCUT2D eigenvalue weighted by Crippen LogP contribution is 2.55. The third-order valence-corrected chi connectivity index (χ3v) is 19.8. The summed E-state index contributed by atoms with van der Waals surface area (Å²) < 4.78 is 71.9. The van der Waals surface area contributed by atoms with E-state index in [1.54, 1.807) is 67.6 Å². The molecule has 100 heavy (non-hydrogen) atoms. The van der Waals surface area contributed by atoms with Crippen molar-refractivity contribution in [2.45, 2.75) is 162 Å². The number of nitrogens with zero attached hydrogens (tertiary/aromatic N) is 7. The van der Waals surface area contributed by atoms with Gasteiger partial charge in [-0.1, -0.05) is 42.3 Å². The van der Waals surface area contributed by atoms with E-state index in [2.05, 4.69) is 54.5 Å². The summed E-state index contributed by atoms with van der Waals surface area (Å²) in [5.41, 5.74) is 6.10. The lowest BCUT2D eigenvalue weighted by Crippen LogP contribution is -2.54. The van der Waals surface area contributed by atoms with E-state index in [-0.39, 0.29) is 99.8 Å². The number of benzene rings is 3. The summed E-state index contributed by atoms with van der Waals surface area (Å²) in [4.78, 5) is 103. The molecule has 4 aliphatic heterocycles. The quantitative estimate of drug-likeness (QED) is 0.0252. The number of carbonyl (C=O) groups excluding carboxylic acids is 7. The summed E-state index contributed by atoms with van der Waals surface area (Å²) in [6.45, 7) is 12.7. The monoisotopic (exact) mass is 1410 g/mol. The number of fused-ring (bicyclic) bond motifs is 6. The minimum Gasteiger partial charge on any atom is -0.493 e. The van der Waals surface area contributed by atoms with Gasteiger partial charge in [0.2, 0.25) is 23.6 Å². The van der Waals surface area contributed by atoms with Crippen LogP contribution in [0.5, 0.6) is 23.0 Å². The summed E-state index contributed by atoms with van der Waals surface area (Å²) >= 11 is 0. The number of hydrogen-bond acceptors (Lipinski definition) is 20. The molecule has 0 unspecified atom stereocenters. The van der Waals surface area contributed by atoms with Gasteiger partial charge in [-0.25, -0.2) is 19.1 Å². The SMILES string of the molecule is COc1cc2c(cc1OCCCCCOc1cc3c(cc1OC)C(=O)N1C=C(C)C[C@H]1[C@H](O)N3C(=O)OCc1ccc(NC(=O)[C@H](C)NC(=O)[C@@H](NC(=O)COCCOCCNS(=O)(=O)NC(=O)CC[C@H]3[C@H]4CCc5nnn(C(C)C)c5CC[C@@H]34)C(C)C)cc1)N=C[C@@H]1CC(C)=CN1C2=O.[HH].[HH].[HH].[HH].[HH]. The maximum atomic E-state index is 14.3. The molecule has 0 saturated heterocycles. The number of carbonyl (C=O) groups is 7. The van der Waals surface area contributed by atoms with Gasteiger partial charge in [0.25, 0.3) is 11.8 Å². The first-order chi connectivity index (χ1) is 47.9. The average molecular weight is 1420 g/mol. The third kappa shape index (κ3) is 18.0. The van der Waals surface area contributed by atoms with Crippen LogP contribution in [0.3, 0.4) is 0 Å². The Morgan fingerprint density at radius 2 is 1.40 bits per heavy atom.